The smallest absolute Gasteiger partial charge is 0.253 e. The van der Waals surface area contributed by atoms with Gasteiger partial charge in [0, 0.05) is 24.4 Å². The molecule has 4 N–H and O–H groups in total. The van der Waals surface area contributed by atoms with Crippen molar-refractivity contribution in [2.45, 2.75) is 24.5 Å². The summed E-state index contributed by atoms with van der Waals surface area (Å²) in [5.74, 6) is -1.37. The highest BCUT2D eigenvalue weighted by Crippen LogP contribution is 2.21. The Morgan fingerprint density at radius 1 is 1.14 bits per heavy atom. The molecule has 2 amide bonds. The molecule has 0 spiro atoms. The Balaban J connectivity index is 1.60. The molecule has 3 heterocycles. The molecule has 13 heteroatoms. The molecule has 4 aromatic rings. The lowest BCUT2D eigenvalue weighted by Crippen LogP contribution is -2.33. The number of primary amides is 1. The standard InChI is InChI=1S/C23H22FN7O4S/c1-13(22(25)32)29-20-7-14(8-21(30-20)36(2,34)35)9-27-23(33)18-10-26-12-19-17(18)11-28-31(19)16-5-3-15(24)4-6-16/h3-8,10-13H,9H2,1-2H3,(H2,25,32)(H,27,33)(H,29,30). The molecule has 0 aliphatic rings. The van der Waals surface area contributed by atoms with E-state index in [0.29, 0.717) is 22.2 Å². The predicted octanol–water partition coefficient (Wildman–Crippen LogP) is 1.57. The summed E-state index contributed by atoms with van der Waals surface area (Å²) in [6.45, 7) is 1.48. The number of amides is 2. The van der Waals surface area contributed by atoms with Crippen molar-refractivity contribution in [3.63, 3.8) is 0 Å². The van der Waals surface area contributed by atoms with Gasteiger partial charge in [-0.3, -0.25) is 14.6 Å². The number of hydrogen-bond acceptors (Lipinski definition) is 8. The third-order valence-electron chi connectivity index (χ3n) is 5.30. The van der Waals surface area contributed by atoms with Gasteiger partial charge in [-0.2, -0.15) is 5.10 Å². The Bertz CT molecular complexity index is 1570. The van der Waals surface area contributed by atoms with Crippen molar-refractivity contribution in [2.75, 3.05) is 11.6 Å². The maximum Gasteiger partial charge on any atom is 0.253 e. The van der Waals surface area contributed by atoms with Gasteiger partial charge in [-0.1, -0.05) is 0 Å². The number of halogens is 1. The molecule has 0 aliphatic heterocycles. The average Bonchev–Trinajstić information content (AvgIpc) is 3.26. The first-order chi connectivity index (χ1) is 17.0. The highest BCUT2D eigenvalue weighted by atomic mass is 32.2. The summed E-state index contributed by atoms with van der Waals surface area (Å²) in [5, 5.41) is 10.1. The Morgan fingerprint density at radius 3 is 2.53 bits per heavy atom. The van der Waals surface area contributed by atoms with Gasteiger partial charge in [-0.05, 0) is 48.9 Å². The van der Waals surface area contributed by atoms with Crippen LogP contribution in [0.4, 0.5) is 10.2 Å². The highest BCUT2D eigenvalue weighted by Gasteiger charge is 2.18. The van der Waals surface area contributed by atoms with Gasteiger partial charge in [0.25, 0.3) is 5.91 Å². The number of anilines is 1. The minimum Gasteiger partial charge on any atom is -0.368 e. The summed E-state index contributed by atoms with van der Waals surface area (Å²) in [6.07, 6.45) is 5.45. The van der Waals surface area contributed by atoms with Gasteiger partial charge in [-0.25, -0.2) is 22.5 Å². The van der Waals surface area contributed by atoms with Gasteiger partial charge < -0.3 is 16.4 Å². The number of pyridine rings is 2. The molecular weight excluding hydrogens is 489 g/mol. The van der Waals surface area contributed by atoms with E-state index in [1.165, 1.54) is 48.3 Å². The molecule has 3 aromatic heterocycles. The van der Waals surface area contributed by atoms with Gasteiger partial charge in [0.05, 0.1) is 29.2 Å². The van der Waals surface area contributed by atoms with E-state index in [2.05, 4.69) is 25.7 Å². The summed E-state index contributed by atoms with van der Waals surface area (Å²) < 4.78 is 39.0. The predicted molar refractivity (Wildman–Crippen MR) is 130 cm³/mol. The lowest BCUT2D eigenvalue weighted by atomic mass is 10.1. The second-order valence-corrected chi connectivity index (χ2v) is 10.0. The van der Waals surface area contributed by atoms with Crippen LogP contribution in [0.5, 0.6) is 0 Å². The minimum atomic E-state index is -3.67. The number of sulfone groups is 1. The van der Waals surface area contributed by atoms with Crippen molar-refractivity contribution in [3.05, 3.63) is 71.9 Å². The molecular formula is C23H22FN7O4S. The Labute approximate surface area is 205 Å². The molecule has 0 aliphatic carbocycles. The second-order valence-electron chi connectivity index (χ2n) is 8.07. The van der Waals surface area contributed by atoms with Gasteiger partial charge in [0.1, 0.15) is 17.7 Å². The summed E-state index contributed by atoms with van der Waals surface area (Å²) in [4.78, 5) is 32.6. The lowest BCUT2D eigenvalue weighted by Gasteiger charge is -2.14. The molecule has 36 heavy (non-hydrogen) atoms. The normalized spacial score (nSPS) is 12.3. The second kappa shape index (κ2) is 9.70. The monoisotopic (exact) mass is 511 g/mol. The molecule has 186 valence electrons. The van der Waals surface area contributed by atoms with Crippen LogP contribution in [0.2, 0.25) is 0 Å². The van der Waals surface area contributed by atoms with Crippen molar-refractivity contribution in [1.29, 1.82) is 0 Å². The van der Waals surface area contributed by atoms with Gasteiger partial charge in [0.2, 0.25) is 5.91 Å². The fraction of sp³-hybridized carbons (Fsp3) is 0.174. The first kappa shape index (κ1) is 24.7. The maximum absolute atomic E-state index is 13.3. The van der Waals surface area contributed by atoms with Crippen LogP contribution in [0.15, 0.2) is 60.0 Å². The van der Waals surface area contributed by atoms with Gasteiger partial charge >= 0.3 is 0 Å². The zero-order valence-corrected chi connectivity index (χ0v) is 20.1. The zero-order valence-electron chi connectivity index (χ0n) is 19.3. The molecule has 0 bridgehead atoms. The van der Waals surface area contributed by atoms with Crippen LogP contribution >= 0.6 is 0 Å². The number of nitrogens with one attached hydrogen (secondary N) is 2. The van der Waals surface area contributed by atoms with Crippen LogP contribution in [0.25, 0.3) is 16.6 Å². The van der Waals surface area contributed by atoms with Crippen molar-refractivity contribution in [1.82, 2.24) is 25.1 Å². The molecule has 11 nitrogen and oxygen atoms in total. The van der Waals surface area contributed by atoms with Crippen molar-refractivity contribution in [2.24, 2.45) is 5.73 Å². The van der Waals surface area contributed by atoms with Crippen molar-refractivity contribution >= 4 is 38.4 Å². The van der Waals surface area contributed by atoms with E-state index in [1.54, 1.807) is 18.3 Å². The molecule has 1 aromatic carbocycles. The fourth-order valence-corrected chi connectivity index (χ4v) is 4.04. The fourth-order valence-electron chi connectivity index (χ4n) is 3.41. The number of rotatable bonds is 8. The molecule has 1 unspecified atom stereocenters. The first-order valence-electron chi connectivity index (χ1n) is 10.7. The zero-order chi connectivity index (χ0) is 26.0. The third kappa shape index (κ3) is 5.30. The van der Waals surface area contributed by atoms with E-state index < -0.39 is 27.7 Å². The van der Waals surface area contributed by atoms with E-state index in [1.807, 2.05) is 0 Å². The molecule has 0 radical (unpaired) electrons. The van der Waals surface area contributed by atoms with Crippen LogP contribution in [0.3, 0.4) is 0 Å². The maximum atomic E-state index is 13.3. The Hall–Kier alpha value is -4.39. The number of hydrogen-bond donors (Lipinski definition) is 3. The molecule has 1 atom stereocenters. The Morgan fingerprint density at radius 2 is 1.86 bits per heavy atom. The third-order valence-corrected chi connectivity index (χ3v) is 6.27. The number of carbonyl (C=O) groups is 2. The van der Waals surface area contributed by atoms with E-state index in [-0.39, 0.29) is 28.8 Å². The highest BCUT2D eigenvalue weighted by molar-refractivity contribution is 7.90. The topological polar surface area (TPSA) is 162 Å². The number of benzene rings is 1. The number of aromatic nitrogens is 4. The van der Waals surface area contributed by atoms with E-state index in [0.717, 1.165) is 6.26 Å². The summed E-state index contributed by atoms with van der Waals surface area (Å²) in [7, 11) is -3.67. The number of fused-ring (bicyclic) bond motifs is 1. The summed E-state index contributed by atoms with van der Waals surface area (Å²) >= 11 is 0. The van der Waals surface area contributed by atoms with Crippen molar-refractivity contribution < 1.29 is 22.4 Å². The SMILES string of the molecule is CC(Nc1cc(CNC(=O)c2cncc3c2cnn3-c2ccc(F)cc2)cc(S(C)(=O)=O)n1)C(N)=O. The summed E-state index contributed by atoms with van der Waals surface area (Å²) in [5.41, 5.74) is 7.09. The van der Waals surface area contributed by atoms with E-state index >= 15 is 0 Å². The lowest BCUT2D eigenvalue weighted by molar-refractivity contribution is -0.118. The largest absolute Gasteiger partial charge is 0.368 e. The molecule has 4 rings (SSSR count). The number of nitrogens with zero attached hydrogens (tertiary/aromatic N) is 4. The van der Waals surface area contributed by atoms with Crippen LogP contribution in [0, 0.1) is 5.82 Å². The molecule has 0 fully saturated rings. The minimum absolute atomic E-state index is 0.0357. The van der Waals surface area contributed by atoms with Crippen LogP contribution in [-0.4, -0.2) is 52.3 Å². The number of carbonyl (C=O) groups excluding carboxylic acids is 2. The van der Waals surface area contributed by atoms with Gasteiger partial charge in [0.15, 0.2) is 14.9 Å². The Kier molecular flexibility index (Phi) is 6.66. The van der Waals surface area contributed by atoms with E-state index in [9.17, 15) is 22.4 Å². The van der Waals surface area contributed by atoms with Crippen LogP contribution in [0.1, 0.15) is 22.8 Å². The quantitative estimate of drug-likeness (QED) is 0.321. The summed E-state index contributed by atoms with van der Waals surface area (Å²) in [6, 6.07) is 7.78. The average molecular weight is 512 g/mol. The molecule has 0 saturated heterocycles. The van der Waals surface area contributed by atoms with Crippen LogP contribution < -0.4 is 16.4 Å². The number of nitrogens with two attached hydrogens (primary N) is 1. The van der Waals surface area contributed by atoms with Crippen molar-refractivity contribution in [3.8, 4) is 5.69 Å². The van der Waals surface area contributed by atoms with Crippen LogP contribution in [-0.2, 0) is 21.2 Å². The van der Waals surface area contributed by atoms with Gasteiger partial charge in [-0.15, -0.1) is 0 Å². The molecule has 0 saturated carbocycles. The first-order valence-corrected chi connectivity index (χ1v) is 12.5. The van der Waals surface area contributed by atoms with E-state index in [4.69, 9.17) is 5.73 Å².